The molecule has 0 aliphatic heterocycles. The Labute approximate surface area is 357 Å². The number of hydrogen-bond donors (Lipinski definition) is 0. The average Bonchev–Trinajstić information content (AvgIpc) is 3.80. The van der Waals surface area contributed by atoms with Crippen molar-refractivity contribution in [3.05, 3.63) is 168 Å². The fourth-order valence-corrected chi connectivity index (χ4v) is 5.22. The van der Waals surface area contributed by atoms with Crippen molar-refractivity contribution in [2.75, 3.05) is 0 Å². The summed E-state index contributed by atoms with van der Waals surface area (Å²) in [6.45, 7) is 17.3. The first-order valence-electron chi connectivity index (χ1n) is 16.2. The molecule has 0 heterocycles. The van der Waals surface area contributed by atoms with Crippen molar-refractivity contribution in [3.63, 3.8) is 0 Å². The van der Waals surface area contributed by atoms with Crippen molar-refractivity contribution < 1.29 is 77.2 Å². The zero-order chi connectivity index (χ0) is 33.3. The van der Waals surface area contributed by atoms with Gasteiger partial charge in [0, 0.05) is 19.0 Å². The number of aryl methyl sites for hydroxylation is 4. The van der Waals surface area contributed by atoms with Gasteiger partial charge in [0.15, 0.2) is 0 Å². The monoisotopic (exact) mass is 884 g/mol. The van der Waals surface area contributed by atoms with E-state index in [0.29, 0.717) is 0 Å². The molecule has 8 rings (SSSR count). The molecule has 8 aromatic rings. The van der Waals surface area contributed by atoms with Gasteiger partial charge in [0.25, 0.3) is 0 Å². The van der Waals surface area contributed by atoms with E-state index in [4.69, 9.17) is 0 Å². The minimum Gasteiger partial charge on any atom is -1.00 e. The summed E-state index contributed by atoms with van der Waals surface area (Å²) in [4.78, 5) is 0. The Morgan fingerprint density at radius 1 is 0.340 bits per heavy atom. The van der Waals surface area contributed by atoms with E-state index in [1.807, 2.05) is 0 Å². The predicted molar refractivity (Wildman–Crippen MR) is 215 cm³/mol. The quantitative estimate of drug-likeness (QED) is 0.121. The van der Waals surface area contributed by atoms with Crippen LogP contribution in [0.3, 0.4) is 0 Å². The van der Waals surface area contributed by atoms with Gasteiger partial charge in [-0.05, 0) is 0 Å². The van der Waals surface area contributed by atoms with Crippen LogP contribution in [-0.2, 0) is 52.4 Å². The molecular weight excluding hydrogens is 838 g/mol. The molecule has 0 N–H and O–H groups in total. The van der Waals surface area contributed by atoms with Crippen LogP contribution in [0.2, 0.25) is 26.2 Å². The van der Waals surface area contributed by atoms with Gasteiger partial charge in [-0.1, -0.05) is 78.1 Å². The molecule has 0 fully saturated rings. The molecule has 0 atom stereocenters. The van der Waals surface area contributed by atoms with E-state index >= 15 is 0 Å². The maximum Gasteiger partial charge on any atom is 3.00 e. The molecule has 50 heavy (non-hydrogen) atoms. The summed E-state index contributed by atoms with van der Waals surface area (Å²) in [7, 11) is 1.50. The molecular formula is C44H50Cl2Si2Zr2. The second kappa shape index (κ2) is 27.7. The molecule has 6 heteroatoms. The number of hydrogen-bond acceptors (Lipinski definition) is 0. The summed E-state index contributed by atoms with van der Waals surface area (Å²) in [5.74, 6) is 0. The molecule has 0 nitrogen and oxygen atoms in total. The van der Waals surface area contributed by atoms with E-state index in [9.17, 15) is 0 Å². The van der Waals surface area contributed by atoms with Crippen LogP contribution >= 0.6 is 0 Å². The zero-order valence-electron chi connectivity index (χ0n) is 30.8. The predicted octanol–water partition coefficient (Wildman–Crippen LogP) is 6.51. The zero-order valence-corrected chi connectivity index (χ0v) is 39.5. The van der Waals surface area contributed by atoms with Crippen LogP contribution in [0.15, 0.2) is 146 Å². The SMILES string of the molecule is C[SiH]C.C[SiH]C.Cc1cc2ccccc2[cH-]1.Cc1cc2ccccc2[cH-]1.Cc1cc2ccccc2[cH-]1.Cc1cc2ccccc2[cH-]1.[Cl-].[Cl-].[Zr+3].[Zr+3]. The Bertz CT molecular complexity index is 1590. The van der Waals surface area contributed by atoms with Gasteiger partial charge in [0.2, 0.25) is 0 Å². The molecule has 256 valence electrons. The second-order valence-corrected chi connectivity index (χ2v) is 14.1. The summed E-state index contributed by atoms with van der Waals surface area (Å²) in [6.07, 6.45) is 0. The van der Waals surface area contributed by atoms with Crippen molar-refractivity contribution >= 4 is 62.1 Å². The fraction of sp³-hybridized carbons (Fsp3) is 0.182. The topological polar surface area (TPSA) is 0 Å². The van der Waals surface area contributed by atoms with Gasteiger partial charge in [0.05, 0.1) is 0 Å². The minimum absolute atomic E-state index is 0. The molecule has 0 saturated carbocycles. The van der Waals surface area contributed by atoms with Crippen LogP contribution in [0.25, 0.3) is 43.1 Å². The summed E-state index contributed by atoms with van der Waals surface area (Å²) < 4.78 is 0. The molecule has 0 bridgehead atoms. The van der Waals surface area contributed by atoms with Crippen LogP contribution in [-0.4, -0.2) is 19.0 Å². The van der Waals surface area contributed by atoms with Crippen molar-refractivity contribution in [2.45, 2.75) is 53.9 Å². The second-order valence-electron chi connectivity index (χ2n) is 11.8. The third-order valence-electron chi connectivity index (χ3n) is 7.05. The Balaban J connectivity index is 0. The first-order chi connectivity index (χ1) is 22.3. The first kappa shape index (κ1) is 50.2. The van der Waals surface area contributed by atoms with E-state index < -0.39 is 0 Å². The third kappa shape index (κ3) is 17.1. The Morgan fingerprint density at radius 2 is 0.500 bits per heavy atom. The fourth-order valence-electron chi connectivity index (χ4n) is 5.22. The first-order valence-corrected chi connectivity index (χ1v) is 20.9. The largest absolute Gasteiger partial charge is 3.00 e. The van der Waals surface area contributed by atoms with E-state index in [0.717, 1.165) is 19.0 Å². The summed E-state index contributed by atoms with van der Waals surface area (Å²) >= 11 is 0. The number of rotatable bonds is 0. The van der Waals surface area contributed by atoms with Crippen LogP contribution in [0.5, 0.6) is 0 Å². The van der Waals surface area contributed by atoms with Crippen molar-refractivity contribution in [3.8, 4) is 0 Å². The van der Waals surface area contributed by atoms with E-state index in [1.54, 1.807) is 0 Å². The molecule has 4 radical (unpaired) electrons. The average molecular weight is 888 g/mol. The van der Waals surface area contributed by atoms with Gasteiger partial charge in [-0.3, -0.25) is 0 Å². The van der Waals surface area contributed by atoms with Gasteiger partial charge in [0.1, 0.15) is 0 Å². The third-order valence-corrected chi connectivity index (χ3v) is 7.05. The number of benzene rings is 4. The Hall–Kier alpha value is -1.90. The van der Waals surface area contributed by atoms with Crippen LogP contribution < -0.4 is 24.8 Å². The minimum atomic E-state index is 0. The van der Waals surface area contributed by atoms with E-state index in [2.05, 4.69) is 199 Å². The van der Waals surface area contributed by atoms with Crippen molar-refractivity contribution in [1.29, 1.82) is 0 Å². The van der Waals surface area contributed by atoms with Gasteiger partial charge >= 0.3 is 52.4 Å². The molecule has 0 aliphatic carbocycles. The summed E-state index contributed by atoms with van der Waals surface area (Å²) in [5, 5.41) is 10.8. The summed E-state index contributed by atoms with van der Waals surface area (Å²) in [6, 6.07) is 51.3. The van der Waals surface area contributed by atoms with Crippen LogP contribution in [0.1, 0.15) is 22.3 Å². The normalized spacial score (nSPS) is 9.12. The Morgan fingerprint density at radius 3 is 0.660 bits per heavy atom. The van der Waals surface area contributed by atoms with Gasteiger partial charge in [-0.15, -0.1) is 162 Å². The van der Waals surface area contributed by atoms with Gasteiger partial charge < -0.3 is 24.8 Å². The molecule has 0 aromatic heterocycles. The number of halogens is 2. The molecule has 0 unspecified atom stereocenters. The molecule has 0 spiro atoms. The van der Waals surface area contributed by atoms with Crippen molar-refractivity contribution in [2.24, 2.45) is 0 Å². The number of fused-ring (bicyclic) bond motifs is 4. The van der Waals surface area contributed by atoms with Crippen molar-refractivity contribution in [1.82, 2.24) is 0 Å². The maximum absolute atomic E-state index is 2.21. The van der Waals surface area contributed by atoms with Gasteiger partial charge in [-0.2, -0.15) is 24.3 Å². The molecule has 8 aromatic carbocycles. The molecule has 0 amide bonds. The van der Waals surface area contributed by atoms with E-state index in [-0.39, 0.29) is 77.2 Å². The van der Waals surface area contributed by atoms with Crippen LogP contribution in [0.4, 0.5) is 0 Å². The standard InChI is InChI=1S/4C10H9.2C2H7Si.2ClH.2Zr/c4*1-8-6-9-4-2-3-5-10(9)7-8;2*1-3-2;;;;/h4*2-7H,1H3;2*3H,1-2H3;2*1H;;/q4*-1;;;;;2*+3/p-2. The maximum atomic E-state index is 2.21. The van der Waals surface area contributed by atoms with Crippen LogP contribution in [0, 0.1) is 27.7 Å². The van der Waals surface area contributed by atoms with E-state index in [1.165, 1.54) is 65.3 Å². The van der Waals surface area contributed by atoms with Gasteiger partial charge in [-0.25, -0.2) is 0 Å². The summed E-state index contributed by atoms with van der Waals surface area (Å²) in [5.41, 5.74) is 5.39. The Kier molecular flexibility index (Phi) is 27.8. The molecule has 0 saturated heterocycles. The smallest absolute Gasteiger partial charge is 1.00 e. The molecule has 0 aliphatic rings.